The molecular weight excluding hydrogens is 354 g/mol. The van der Waals surface area contributed by atoms with E-state index in [0.717, 1.165) is 31.6 Å². The van der Waals surface area contributed by atoms with Crippen molar-refractivity contribution in [2.75, 3.05) is 25.1 Å². The Morgan fingerprint density at radius 3 is 2.82 bits per heavy atom. The Morgan fingerprint density at radius 1 is 1.25 bits per heavy atom. The number of nitriles is 1. The highest BCUT2D eigenvalue weighted by Gasteiger charge is 2.22. The van der Waals surface area contributed by atoms with Crippen molar-refractivity contribution < 1.29 is 4.74 Å². The van der Waals surface area contributed by atoms with Crippen LogP contribution in [0.2, 0.25) is 0 Å². The number of piperidine rings is 1. The Morgan fingerprint density at radius 2 is 2.07 bits per heavy atom. The van der Waals surface area contributed by atoms with Gasteiger partial charge in [0.25, 0.3) is 5.56 Å². The zero-order chi connectivity index (χ0) is 19.5. The van der Waals surface area contributed by atoms with Crippen LogP contribution in [0.4, 0.5) is 5.69 Å². The van der Waals surface area contributed by atoms with Crippen LogP contribution in [-0.2, 0) is 6.54 Å². The Bertz CT molecular complexity index is 1090. The minimum absolute atomic E-state index is 0.0193. The summed E-state index contributed by atoms with van der Waals surface area (Å²) >= 11 is 0. The van der Waals surface area contributed by atoms with E-state index in [1.54, 1.807) is 42.4 Å². The van der Waals surface area contributed by atoms with Crippen LogP contribution in [-0.4, -0.2) is 34.7 Å². The van der Waals surface area contributed by atoms with Gasteiger partial charge in [-0.1, -0.05) is 0 Å². The first kappa shape index (κ1) is 18.0. The van der Waals surface area contributed by atoms with Crippen LogP contribution in [0.1, 0.15) is 18.5 Å². The fraction of sp³-hybridized carbons (Fsp3) is 0.333. The average molecular weight is 375 g/mol. The summed E-state index contributed by atoms with van der Waals surface area (Å²) in [4.78, 5) is 23.6. The van der Waals surface area contributed by atoms with Gasteiger partial charge in [0.05, 0.1) is 30.0 Å². The third-order valence-corrected chi connectivity index (χ3v) is 5.33. The van der Waals surface area contributed by atoms with E-state index in [1.807, 2.05) is 12.1 Å². The summed E-state index contributed by atoms with van der Waals surface area (Å²) in [6.45, 7) is 2.34. The van der Waals surface area contributed by atoms with Crippen molar-refractivity contribution in [1.29, 1.82) is 5.26 Å². The normalized spacial score (nSPS) is 14.8. The summed E-state index contributed by atoms with van der Waals surface area (Å²) in [6, 6.07) is 11.3. The average Bonchev–Trinajstić information content (AvgIpc) is 2.76. The molecule has 7 nitrogen and oxygen atoms in total. The molecule has 0 unspecified atom stereocenters. The van der Waals surface area contributed by atoms with Crippen molar-refractivity contribution in [3.63, 3.8) is 0 Å². The zero-order valence-electron chi connectivity index (χ0n) is 15.7. The number of hydrogen-bond donors (Lipinski definition) is 0. The molecule has 1 fully saturated rings. The van der Waals surface area contributed by atoms with Gasteiger partial charge in [-0.25, -0.2) is 9.97 Å². The van der Waals surface area contributed by atoms with E-state index in [-0.39, 0.29) is 5.56 Å². The van der Waals surface area contributed by atoms with E-state index in [0.29, 0.717) is 34.8 Å². The molecule has 3 heterocycles. The molecule has 142 valence electrons. The first-order valence-electron chi connectivity index (χ1n) is 9.33. The molecule has 0 aliphatic carbocycles. The highest BCUT2D eigenvalue weighted by molar-refractivity contribution is 5.78. The summed E-state index contributed by atoms with van der Waals surface area (Å²) in [7, 11) is 1.60. The molecule has 0 amide bonds. The highest BCUT2D eigenvalue weighted by atomic mass is 16.5. The predicted octanol–water partition coefficient (Wildman–Crippen LogP) is 2.59. The molecule has 0 spiro atoms. The molecule has 2 aromatic heterocycles. The Labute approximate surface area is 162 Å². The standard InChI is InChI=1S/C21H21N5O2/c1-28-16-4-5-17-18(11-16)24-14-26(21(17)27)13-15-6-9-25(10-7-15)20-3-2-8-23-19(20)12-22/h2-5,8,11,14-15H,6-7,9-10,13H2,1H3. The topological polar surface area (TPSA) is 84.0 Å². The Balaban J connectivity index is 1.47. The lowest BCUT2D eigenvalue weighted by Gasteiger charge is -2.33. The van der Waals surface area contributed by atoms with Crippen molar-refractivity contribution in [3.8, 4) is 11.8 Å². The number of ether oxygens (including phenoxy) is 1. The number of methoxy groups -OCH3 is 1. The molecule has 3 aromatic rings. The van der Waals surface area contributed by atoms with E-state index in [9.17, 15) is 10.1 Å². The van der Waals surface area contributed by atoms with Gasteiger partial charge in [-0.15, -0.1) is 0 Å². The summed E-state index contributed by atoms with van der Waals surface area (Å²) in [5.74, 6) is 1.09. The molecular formula is C21H21N5O2. The lowest BCUT2D eigenvalue weighted by atomic mass is 9.96. The largest absolute Gasteiger partial charge is 0.497 e. The third-order valence-electron chi connectivity index (χ3n) is 5.33. The third kappa shape index (κ3) is 3.41. The molecule has 1 aliphatic rings. The number of hydrogen-bond acceptors (Lipinski definition) is 6. The fourth-order valence-electron chi connectivity index (χ4n) is 3.77. The second-order valence-electron chi connectivity index (χ2n) is 7.00. The maximum atomic E-state index is 12.8. The van der Waals surface area contributed by atoms with Crippen LogP contribution in [0.3, 0.4) is 0 Å². The van der Waals surface area contributed by atoms with Crippen molar-refractivity contribution in [2.24, 2.45) is 5.92 Å². The zero-order valence-corrected chi connectivity index (χ0v) is 15.7. The molecule has 4 rings (SSSR count). The van der Waals surface area contributed by atoms with Crippen LogP contribution < -0.4 is 15.2 Å². The van der Waals surface area contributed by atoms with Crippen LogP contribution in [0.25, 0.3) is 10.9 Å². The van der Waals surface area contributed by atoms with Crippen molar-refractivity contribution in [3.05, 3.63) is 58.9 Å². The van der Waals surface area contributed by atoms with Crippen LogP contribution in [0.5, 0.6) is 5.75 Å². The van der Waals surface area contributed by atoms with Crippen LogP contribution in [0, 0.1) is 17.2 Å². The van der Waals surface area contributed by atoms with Gasteiger partial charge in [0, 0.05) is 31.9 Å². The molecule has 1 saturated heterocycles. The van der Waals surface area contributed by atoms with Gasteiger partial charge < -0.3 is 9.64 Å². The number of pyridine rings is 1. The van der Waals surface area contributed by atoms with Gasteiger partial charge in [0.15, 0.2) is 5.69 Å². The molecule has 0 bridgehead atoms. The van der Waals surface area contributed by atoms with Gasteiger partial charge in [-0.05, 0) is 43.0 Å². The number of fused-ring (bicyclic) bond motifs is 1. The number of nitrogens with zero attached hydrogens (tertiary/aromatic N) is 5. The van der Waals surface area contributed by atoms with Crippen molar-refractivity contribution in [2.45, 2.75) is 19.4 Å². The fourth-order valence-corrected chi connectivity index (χ4v) is 3.77. The minimum Gasteiger partial charge on any atom is -0.497 e. The number of benzene rings is 1. The maximum Gasteiger partial charge on any atom is 0.261 e. The summed E-state index contributed by atoms with van der Waals surface area (Å²) in [6.07, 6.45) is 5.18. The SMILES string of the molecule is COc1ccc2c(=O)n(CC3CCN(c4cccnc4C#N)CC3)cnc2c1. The van der Waals surface area contributed by atoms with E-state index >= 15 is 0 Å². The number of anilines is 1. The summed E-state index contributed by atoms with van der Waals surface area (Å²) in [5, 5.41) is 9.86. The highest BCUT2D eigenvalue weighted by Crippen LogP contribution is 2.26. The van der Waals surface area contributed by atoms with Gasteiger partial charge in [0.1, 0.15) is 11.8 Å². The molecule has 28 heavy (non-hydrogen) atoms. The van der Waals surface area contributed by atoms with Gasteiger partial charge in [-0.3, -0.25) is 9.36 Å². The predicted molar refractivity (Wildman–Crippen MR) is 106 cm³/mol. The van der Waals surface area contributed by atoms with Gasteiger partial charge in [-0.2, -0.15) is 5.26 Å². The number of aromatic nitrogens is 3. The minimum atomic E-state index is -0.0193. The van der Waals surface area contributed by atoms with Crippen molar-refractivity contribution >= 4 is 16.6 Å². The van der Waals surface area contributed by atoms with Crippen LogP contribution in [0.15, 0.2) is 47.7 Å². The van der Waals surface area contributed by atoms with Gasteiger partial charge in [0.2, 0.25) is 0 Å². The lowest BCUT2D eigenvalue weighted by molar-refractivity contribution is 0.352. The second-order valence-corrected chi connectivity index (χ2v) is 7.00. The monoisotopic (exact) mass is 375 g/mol. The van der Waals surface area contributed by atoms with E-state index in [4.69, 9.17) is 4.74 Å². The van der Waals surface area contributed by atoms with Gasteiger partial charge >= 0.3 is 0 Å². The molecule has 1 aromatic carbocycles. The maximum absolute atomic E-state index is 12.8. The lowest BCUT2D eigenvalue weighted by Crippen LogP contribution is -2.36. The molecule has 0 saturated carbocycles. The number of rotatable bonds is 4. The summed E-state index contributed by atoms with van der Waals surface area (Å²) in [5.41, 5.74) is 1.98. The molecule has 0 radical (unpaired) electrons. The van der Waals surface area contributed by atoms with E-state index < -0.39 is 0 Å². The van der Waals surface area contributed by atoms with Crippen LogP contribution >= 0.6 is 0 Å². The van der Waals surface area contributed by atoms with E-state index in [2.05, 4.69) is 20.9 Å². The molecule has 7 heteroatoms. The van der Waals surface area contributed by atoms with E-state index in [1.165, 1.54) is 0 Å². The first-order valence-corrected chi connectivity index (χ1v) is 9.33. The second kappa shape index (κ2) is 7.69. The summed E-state index contributed by atoms with van der Waals surface area (Å²) < 4.78 is 6.91. The Kier molecular flexibility index (Phi) is 4.94. The molecule has 0 atom stereocenters. The van der Waals surface area contributed by atoms with Crippen molar-refractivity contribution in [1.82, 2.24) is 14.5 Å². The molecule has 0 N–H and O–H groups in total. The Hall–Kier alpha value is -3.40. The smallest absolute Gasteiger partial charge is 0.261 e. The first-order chi connectivity index (χ1) is 13.7. The quantitative estimate of drug-likeness (QED) is 0.697. The molecule has 1 aliphatic heterocycles.